The van der Waals surface area contributed by atoms with Gasteiger partial charge < -0.3 is 9.73 Å². The van der Waals surface area contributed by atoms with E-state index in [1.54, 1.807) is 19.2 Å². The summed E-state index contributed by atoms with van der Waals surface area (Å²) in [5, 5.41) is 2.72. The lowest BCUT2D eigenvalue weighted by Crippen LogP contribution is -2.14. The van der Waals surface area contributed by atoms with Crippen LogP contribution in [0.1, 0.15) is 21.8 Å². The molecule has 1 N–H and O–H groups in total. The van der Waals surface area contributed by atoms with E-state index in [0.717, 1.165) is 11.1 Å². The highest BCUT2D eigenvalue weighted by molar-refractivity contribution is 6.03. The summed E-state index contributed by atoms with van der Waals surface area (Å²) in [4.78, 5) is 20.7. The van der Waals surface area contributed by atoms with Crippen molar-refractivity contribution in [3.8, 4) is 11.5 Å². The van der Waals surface area contributed by atoms with Gasteiger partial charge in [-0.15, -0.1) is 0 Å². The van der Waals surface area contributed by atoms with Gasteiger partial charge in [0.15, 0.2) is 5.69 Å². The lowest BCUT2D eigenvalue weighted by molar-refractivity contribution is 0.102. The SMILES string of the molecule is Cc1ccc(NC(=O)c2nc(-c3ccccc3)oc2C)nc1. The van der Waals surface area contributed by atoms with Crippen molar-refractivity contribution >= 4 is 11.7 Å². The summed E-state index contributed by atoms with van der Waals surface area (Å²) in [7, 11) is 0. The maximum Gasteiger partial charge on any atom is 0.279 e. The number of nitrogens with one attached hydrogen (secondary N) is 1. The summed E-state index contributed by atoms with van der Waals surface area (Å²) in [6, 6.07) is 13.1. The number of benzene rings is 1. The number of aromatic nitrogens is 2. The van der Waals surface area contributed by atoms with Crippen LogP contribution in [0.2, 0.25) is 0 Å². The molecule has 2 aromatic heterocycles. The van der Waals surface area contributed by atoms with Crippen LogP contribution in [0, 0.1) is 13.8 Å². The van der Waals surface area contributed by atoms with Crippen LogP contribution >= 0.6 is 0 Å². The second-order valence-electron chi connectivity index (χ2n) is 4.96. The van der Waals surface area contributed by atoms with Crippen LogP contribution in [-0.2, 0) is 0 Å². The summed E-state index contributed by atoms with van der Waals surface area (Å²) in [6.07, 6.45) is 1.70. The molecule has 0 fully saturated rings. The van der Waals surface area contributed by atoms with Gasteiger partial charge in [0.2, 0.25) is 5.89 Å². The third kappa shape index (κ3) is 2.88. The van der Waals surface area contributed by atoms with Crippen molar-refractivity contribution in [2.24, 2.45) is 0 Å². The van der Waals surface area contributed by atoms with Gasteiger partial charge in [-0.25, -0.2) is 9.97 Å². The minimum Gasteiger partial charge on any atom is -0.441 e. The fraction of sp³-hybridized carbons (Fsp3) is 0.118. The van der Waals surface area contributed by atoms with Crippen LogP contribution in [0.15, 0.2) is 53.1 Å². The van der Waals surface area contributed by atoms with Crippen LogP contribution in [0.3, 0.4) is 0 Å². The number of oxazole rings is 1. The molecule has 0 bridgehead atoms. The number of rotatable bonds is 3. The molecule has 0 saturated heterocycles. The molecular weight excluding hydrogens is 278 g/mol. The third-order valence-electron chi connectivity index (χ3n) is 3.19. The lowest BCUT2D eigenvalue weighted by Gasteiger charge is -2.02. The zero-order chi connectivity index (χ0) is 15.5. The Hall–Kier alpha value is -2.95. The molecule has 0 aliphatic heterocycles. The normalized spacial score (nSPS) is 10.5. The van der Waals surface area contributed by atoms with E-state index in [9.17, 15) is 4.79 Å². The Morgan fingerprint density at radius 1 is 1.09 bits per heavy atom. The number of amides is 1. The monoisotopic (exact) mass is 293 g/mol. The van der Waals surface area contributed by atoms with Gasteiger partial charge in [-0.3, -0.25) is 4.79 Å². The van der Waals surface area contributed by atoms with Gasteiger partial charge in [-0.2, -0.15) is 0 Å². The van der Waals surface area contributed by atoms with Gasteiger partial charge in [-0.1, -0.05) is 24.3 Å². The maximum atomic E-state index is 12.3. The quantitative estimate of drug-likeness (QED) is 0.801. The molecule has 2 heterocycles. The molecule has 5 heteroatoms. The number of carbonyl (C=O) groups is 1. The molecule has 0 radical (unpaired) electrons. The molecule has 0 aliphatic rings. The summed E-state index contributed by atoms with van der Waals surface area (Å²) in [5.41, 5.74) is 2.13. The number of hydrogen-bond donors (Lipinski definition) is 1. The molecule has 5 nitrogen and oxygen atoms in total. The molecule has 3 aromatic rings. The smallest absolute Gasteiger partial charge is 0.279 e. The second kappa shape index (κ2) is 5.81. The zero-order valence-electron chi connectivity index (χ0n) is 12.3. The standard InChI is InChI=1S/C17H15N3O2/c1-11-8-9-14(18-10-11)19-16(21)15-12(2)22-17(20-15)13-6-4-3-5-7-13/h3-10H,1-2H3,(H,18,19,21). The molecule has 1 aromatic carbocycles. The van der Waals surface area contributed by atoms with Crippen molar-refractivity contribution in [3.63, 3.8) is 0 Å². The van der Waals surface area contributed by atoms with Crippen molar-refractivity contribution < 1.29 is 9.21 Å². The minimum absolute atomic E-state index is 0.265. The topological polar surface area (TPSA) is 68.0 Å². The zero-order valence-corrected chi connectivity index (χ0v) is 12.3. The van der Waals surface area contributed by atoms with Crippen molar-refractivity contribution in [3.05, 3.63) is 65.7 Å². The van der Waals surface area contributed by atoms with Crippen LogP contribution < -0.4 is 5.32 Å². The summed E-state index contributed by atoms with van der Waals surface area (Å²) in [5.74, 6) is 1.06. The van der Waals surface area contributed by atoms with E-state index in [4.69, 9.17) is 4.42 Å². The number of aryl methyl sites for hydroxylation is 2. The van der Waals surface area contributed by atoms with Crippen LogP contribution in [0.5, 0.6) is 0 Å². The van der Waals surface area contributed by atoms with Crippen molar-refractivity contribution in [2.75, 3.05) is 5.32 Å². The van der Waals surface area contributed by atoms with Crippen LogP contribution in [0.4, 0.5) is 5.82 Å². The first-order valence-corrected chi connectivity index (χ1v) is 6.90. The van der Waals surface area contributed by atoms with Gasteiger partial charge >= 0.3 is 0 Å². The number of pyridine rings is 1. The summed E-state index contributed by atoms with van der Waals surface area (Å²) < 4.78 is 5.59. The van der Waals surface area contributed by atoms with Gasteiger partial charge in [0.1, 0.15) is 11.6 Å². The first kappa shape index (κ1) is 14.0. The average Bonchev–Trinajstić information content (AvgIpc) is 2.92. The average molecular weight is 293 g/mol. The molecule has 0 spiro atoms. The highest BCUT2D eigenvalue weighted by Crippen LogP contribution is 2.21. The highest BCUT2D eigenvalue weighted by Gasteiger charge is 2.18. The molecular formula is C17H15N3O2. The van der Waals surface area contributed by atoms with Gasteiger partial charge in [-0.05, 0) is 37.6 Å². The molecule has 3 rings (SSSR count). The van der Waals surface area contributed by atoms with Crippen molar-refractivity contribution in [2.45, 2.75) is 13.8 Å². The molecule has 22 heavy (non-hydrogen) atoms. The Labute approximate surface area is 128 Å². The van der Waals surface area contributed by atoms with E-state index < -0.39 is 0 Å². The molecule has 0 aliphatic carbocycles. The Bertz CT molecular complexity index is 793. The fourth-order valence-electron chi connectivity index (χ4n) is 2.03. The second-order valence-corrected chi connectivity index (χ2v) is 4.96. The van der Waals surface area contributed by atoms with Gasteiger partial charge in [0.25, 0.3) is 5.91 Å². The van der Waals surface area contributed by atoms with E-state index in [-0.39, 0.29) is 11.6 Å². The number of hydrogen-bond acceptors (Lipinski definition) is 4. The third-order valence-corrected chi connectivity index (χ3v) is 3.19. The fourth-order valence-corrected chi connectivity index (χ4v) is 2.03. The first-order valence-electron chi connectivity index (χ1n) is 6.90. The van der Waals surface area contributed by atoms with Gasteiger partial charge in [0.05, 0.1) is 0 Å². The van der Waals surface area contributed by atoms with E-state index >= 15 is 0 Å². The van der Waals surface area contributed by atoms with Crippen LogP contribution in [-0.4, -0.2) is 15.9 Å². The molecule has 1 amide bonds. The van der Waals surface area contributed by atoms with Crippen molar-refractivity contribution in [1.82, 2.24) is 9.97 Å². The van der Waals surface area contributed by atoms with E-state index in [2.05, 4.69) is 15.3 Å². The number of carbonyl (C=O) groups excluding carboxylic acids is 1. The number of nitrogens with zero attached hydrogens (tertiary/aromatic N) is 2. The predicted molar refractivity (Wildman–Crippen MR) is 83.6 cm³/mol. The van der Waals surface area contributed by atoms with Crippen molar-refractivity contribution in [1.29, 1.82) is 0 Å². The number of anilines is 1. The lowest BCUT2D eigenvalue weighted by atomic mass is 10.2. The van der Waals surface area contributed by atoms with E-state index in [0.29, 0.717) is 17.5 Å². The Balaban J connectivity index is 1.84. The molecule has 0 saturated carbocycles. The summed E-state index contributed by atoms with van der Waals surface area (Å²) >= 11 is 0. The molecule has 0 unspecified atom stereocenters. The molecule has 110 valence electrons. The molecule has 0 atom stereocenters. The van der Waals surface area contributed by atoms with E-state index in [1.807, 2.05) is 43.3 Å². The predicted octanol–water partition coefficient (Wildman–Crippen LogP) is 3.61. The Morgan fingerprint density at radius 3 is 2.55 bits per heavy atom. The van der Waals surface area contributed by atoms with Gasteiger partial charge in [0, 0.05) is 11.8 Å². The van der Waals surface area contributed by atoms with Crippen LogP contribution in [0.25, 0.3) is 11.5 Å². The highest BCUT2D eigenvalue weighted by atomic mass is 16.4. The Morgan fingerprint density at radius 2 is 1.86 bits per heavy atom. The largest absolute Gasteiger partial charge is 0.441 e. The summed E-state index contributed by atoms with van der Waals surface area (Å²) in [6.45, 7) is 3.66. The Kier molecular flexibility index (Phi) is 3.70. The first-order chi connectivity index (χ1) is 10.6. The maximum absolute atomic E-state index is 12.3. The van der Waals surface area contributed by atoms with E-state index in [1.165, 1.54) is 0 Å². The minimum atomic E-state index is -0.334.